The van der Waals surface area contributed by atoms with Crippen LogP contribution in [0.2, 0.25) is 0 Å². The molecule has 4 rings (SSSR count). The van der Waals surface area contributed by atoms with E-state index in [9.17, 15) is 0 Å². The molecule has 1 aliphatic carbocycles. The van der Waals surface area contributed by atoms with Gasteiger partial charge in [-0.1, -0.05) is 29.4 Å². The van der Waals surface area contributed by atoms with Crippen LogP contribution in [0, 0.1) is 0 Å². The molecule has 4 heteroatoms. The largest absolute Gasteiger partial charge is 0.339 e. The predicted octanol–water partition coefficient (Wildman–Crippen LogP) is 2.77. The summed E-state index contributed by atoms with van der Waals surface area (Å²) in [7, 11) is 0. The lowest BCUT2D eigenvalue weighted by atomic mass is 9.84. The van der Waals surface area contributed by atoms with Crippen LogP contribution >= 0.6 is 0 Å². The van der Waals surface area contributed by atoms with Gasteiger partial charge in [0.1, 0.15) is 0 Å². The maximum Gasteiger partial charge on any atom is 0.230 e. The van der Waals surface area contributed by atoms with Crippen LogP contribution < -0.4 is 5.32 Å². The first-order valence-corrected chi connectivity index (χ1v) is 7.54. The summed E-state index contributed by atoms with van der Waals surface area (Å²) in [6.45, 7) is 1.06. The lowest BCUT2D eigenvalue weighted by Crippen LogP contribution is -2.15. The zero-order valence-electron chi connectivity index (χ0n) is 11.5. The number of aryl methyl sites for hydroxylation is 1. The fraction of sp³-hybridized carbons (Fsp3) is 0.500. The van der Waals surface area contributed by atoms with E-state index < -0.39 is 0 Å². The smallest absolute Gasteiger partial charge is 0.230 e. The molecule has 2 atom stereocenters. The molecule has 1 N–H and O–H groups in total. The first kappa shape index (κ1) is 12.1. The molecule has 104 valence electrons. The van der Waals surface area contributed by atoms with Gasteiger partial charge in [0.25, 0.3) is 0 Å². The van der Waals surface area contributed by atoms with Crippen molar-refractivity contribution in [1.29, 1.82) is 0 Å². The van der Waals surface area contributed by atoms with Gasteiger partial charge in [-0.25, -0.2) is 0 Å². The maximum atomic E-state index is 5.53. The fourth-order valence-electron chi connectivity index (χ4n) is 3.37. The standard InChI is InChI=1S/C16H19N3O/c1-2-5-12-10-13(8-7-11(12)4-1)16-18-15(19-20-16)14-6-3-9-17-14/h1-2,4-5,13-14,17H,3,6-10H2. The van der Waals surface area contributed by atoms with E-state index in [1.807, 2.05) is 0 Å². The van der Waals surface area contributed by atoms with Gasteiger partial charge < -0.3 is 9.84 Å². The molecular formula is C16H19N3O. The second-order valence-corrected chi connectivity index (χ2v) is 5.85. The van der Waals surface area contributed by atoms with E-state index >= 15 is 0 Å². The van der Waals surface area contributed by atoms with Crippen molar-refractivity contribution in [3.05, 3.63) is 47.1 Å². The summed E-state index contributed by atoms with van der Waals surface area (Å²) >= 11 is 0. The molecule has 0 spiro atoms. The fourth-order valence-corrected chi connectivity index (χ4v) is 3.37. The predicted molar refractivity (Wildman–Crippen MR) is 75.5 cm³/mol. The molecule has 1 saturated heterocycles. The van der Waals surface area contributed by atoms with Crippen LogP contribution in [0.1, 0.15) is 54.1 Å². The molecule has 2 aromatic rings. The molecule has 4 nitrogen and oxygen atoms in total. The van der Waals surface area contributed by atoms with Gasteiger partial charge in [0.2, 0.25) is 5.89 Å². The maximum absolute atomic E-state index is 5.53. The molecule has 20 heavy (non-hydrogen) atoms. The minimum absolute atomic E-state index is 0.295. The second kappa shape index (κ2) is 5.02. The normalized spacial score (nSPS) is 25.6. The molecule has 1 aromatic heterocycles. The molecule has 1 aromatic carbocycles. The van der Waals surface area contributed by atoms with Crippen LogP contribution in [0.5, 0.6) is 0 Å². The van der Waals surface area contributed by atoms with E-state index in [1.165, 1.54) is 17.5 Å². The Labute approximate surface area is 118 Å². The summed E-state index contributed by atoms with van der Waals surface area (Å²) in [6, 6.07) is 8.98. The third-order valence-electron chi connectivity index (χ3n) is 4.53. The average Bonchev–Trinajstić information content (AvgIpc) is 3.17. The summed E-state index contributed by atoms with van der Waals surface area (Å²) in [5, 5.41) is 7.60. The minimum atomic E-state index is 0.295. The summed E-state index contributed by atoms with van der Waals surface area (Å²) in [4.78, 5) is 4.65. The zero-order valence-corrected chi connectivity index (χ0v) is 11.5. The van der Waals surface area contributed by atoms with E-state index in [2.05, 4.69) is 39.7 Å². The van der Waals surface area contributed by atoms with Gasteiger partial charge in [-0.2, -0.15) is 4.98 Å². The number of rotatable bonds is 2. The van der Waals surface area contributed by atoms with E-state index in [0.29, 0.717) is 12.0 Å². The first-order valence-electron chi connectivity index (χ1n) is 7.54. The van der Waals surface area contributed by atoms with Crippen molar-refractivity contribution in [1.82, 2.24) is 15.5 Å². The van der Waals surface area contributed by atoms with Crippen LogP contribution in [-0.2, 0) is 12.8 Å². The van der Waals surface area contributed by atoms with Crippen molar-refractivity contribution in [2.24, 2.45) is 0 Å². The minimum Gasteiger partial charge on any atom is -0.339 e. The van der Waals surface area contributed by atoms with Crippen molar-refractivity contribution in [3.8, 4) is 0 Å². The Kier molecular flexibility index (Phi) is 3.03. The van der Waals surface area contributed by atoms with Gasteiger partial charge in [-0.05, 0) is 49.8 Å². The summed E-state index contributed by atoms with van der Waals surface area (Å²) in [6.07, 6.45) is 5.56. The van der Waals surface area contributed by atoms with Crippen LogP contribution in [0.15, 0.2) is 28.8 Å². The number of benzene rings is 1. The van der Waals surface area contributed by atoms with E-state index in [0.717, 1.165) is 43.9 Å². The number of aromatic nitrogens is 2. The lowest BCUT2D eigenvalue weighted by Gasteiger charge is -2.21. The monoisotopic (exact) mass is 269 g/mol. The Hall–Kier alpha value is -1.68. The van der Waals surface area contributed by atoms with Crippen molar-refractivity contribution < 1.29 is 4.52 Å². The highest BCUT2D eigenvalue weighted by molar-refractivity contribution is 5.31. The van der Waals surface area contributed by atoms with Crippen molar-refractivity contribution in [2.75, 3.05) is 6.54 Å². The SMILES string of the molecule is c1ccc2c(c1)CCC(c1nc(C3CCCN3)no1)C2. The first-order chi connectivity index (χ1) is 9.90. The molecular weight excluding hydrogens is 250 g/mol. The van der Waals surface area contributed by atoms with Gasteiger partial charge >= 0.3 is 0 Å². The summed E-state index contributed by atoms with van der Waals surface area (Å²) in [5.41, 5.74) is 2.91. The Balaban J connectivity index is 1.54. The van der Waals surface area contributed by atoms with Gasteiger partial charge in [-0.3, -0.25) is 0 Å². The number of nitrogens with one attached hydrogen (secondary N) is 1. The highest BCUT2D eigenvalue weighted by Crippen LogP contribution is 2.32. The van der Waals surface area contributed by atoms with Crippen molar-refractivity contribution in [2.45, 2.75) is 44.1 Å². The van der Waals surface area contributed by atoms with Gasteiger partial charge in [0.15, 0.2) is 5.82 Å². The number of hydrogen-bond acceptors (Lipinski definition) is 4. The average molecular weight is 269 g/mol. The lowest BCUT2D eigenvalue weighted by molar-refractivity contribution is 0.335. The van der Waals surface area contributed by atoms with E-state index in [1.54, 1.807) is 0 Å². The number of nitrogens with zero attached hydrogens (tertiary/aromatic N) is 2. The molecule has 0 bridgehead atoms. The zero-order chi connectivity index (χ0) is 13.4. The Morgan fingerprint density at radius 1 is 1.15 bits per heavy atom. The number of fused-ring (bicyclic) bond motifs is 1. The highest BCUT2D eigenvalue weighted by atomic mass is 16.5. The summed E-state index contributed by atoms with van der Waals surface area (Å²) < 4.78 is 5.53. The van der Waals surface area contributed by atoms with Crippen LogP contribution in [0.3, 0.4) is 0 Å². The molecule has 2 unspecified atom stereocenters. The second-order valence-electron chi connectivity index (χ2n) is 5.85. The molecule has 0 saturated carbocycles. The highest BCUT2D eigenvalue weighted by Gasteiger charge is 2.27. The van der Waals surface area contributed by atoms with Gasteiger partial charge in [0.05, 0.1) is 6.04 Å². The number of hydrogen-bond donors (Lipinski definition) is 1. The quantitative estimate of drug-likeness (QED) is 0.910. The van der Waals surface area contributed by atoms with Crippen LogP contribution in [0.4, 0.5) is 0 Å². The molecule has 2 heterocycles. The Morgan fingerprint density at radius 2 is 2.05 bits per heavy atom. The third-order valence-corrected chi connectivity index (χ3v) is 4.53. The molecule has 1 fully saturated rings. The van der Waals surface area contributed by atoms with Crippen molar-refractivity contribution in [3.63, 3.8) is 0 Å². The van der Waals surface area contributed by atoms with Crippen LogP contribution in [-0.4, -0.2) is 16.7 Å². The molecule has 2 aliphatic rings. The summed E-state index contributed by atoms with van der Waals surface area (Å²) in [5.74, 6) is 2.05. The van der Waals surface area contributed by atoms with E-state index in [4.69, 9.17) is 4.52 Å². The molecule has 0 radical (unpaired) electrons. The van der Waals surface area contributed by atoms with Crippen molar-refractivity contribution >= 4 is 0 Å². The Bertz CT molecular complexity index is 601. The van der Waals surface area contributed by atoms with E-state index in [-0.39, 0.29) is 0 Å². The van der Waals surface area contributed by atoms with Gasteiger partial charge in [0, 0.05) is 5.92 Å². The van der Waals surface area contributed by atoms with Crippen LogP contribution in [0.25, 0.3) is 0 Å². The molecule has 0 amide bonds. The Morgan fingerprint density at radius 3 is 2.90 bits per heavy atom. The third kappa shape index (κ3) is 2.14. The topological polar surface area (TPSA) is 51.0 Å². The molecule has 1 aliphatic heterocycles. The van der Waals surface area contributed by atoms with Gasteiger partial charge in [-0.15, -0.1) is 0 Å².